The van der Waals surface area contributed by atoms with Gasteiger partial charge in [0.25, 0.3) is 0 Å². The Balaban J connectivity index is 1.22. The number of hydrogen-bond donors (Lipinski definition) is 4. The Kier molecular flexibility index (Phi) is 18.9. The molecule has 5 amide bonds. The third-order valence-electron chi connectivity index (χ3n) is 11.2. The summed E-state index contributed by atoms with van der Waals surface area (Å²) in [7, 11) is 0. The van der Waals surface area contributed by atoms with E-state index in [9.17, 15) is 33.6 Å². The summed E-state index contributed by atoms with van der Waals surface area (Å²) in [5.41, 5.74) is 1.65. The van der Waals surface area contributed by atoms with Gasteiger partial charge in [-0.2, -0.15) is 0 Å². The number of amides is 5. The summed E-state index contributed by atoms with van der Waals surface area (Å²) in [5, 5.41) is 10.6. The zero-order valence-corrected chi connectivity index (χ0v) is 38.7. The minimum absolute atomic E-state index is 0.00522. The van der Waals surface area contributed by atoms with E-state index in [1.807, 2.05) is 48.5 Å². The molecule has 5 atom stereocenters. The first-order valence-electron chi connectivity index (χ1n) is 22.9. The van der Waals surface area contributed by atoms with Crippen LogP contribution in [-0.4, -0.2) is 95.0 Å². The summed E-state index contributed by atoms with van der Waals surface area (Å²) in [6.45, 7) is 8.61. The van der Waals surface area contributed by atoms with Crippen molar-refractivity contribution < 1.29 is 52.5 Å². The molecule has 1 heterocycles. The van der Waals surface area contributed by atoms with Crippen LogP contribution in [0.4, 0.5) is 4.79 Å². The average Bonchev–Trinajstić information content (AvgIpc) is 3.79. The first kappa shape index (κ1) is 50.5. The zero-order chi connectivity index (χ0) is 47.6. The quantitative estimate of drug-likeness (QED) is 0.0813. The largest absolute Gasteiger partial charge is 0.489 e. The molecule has 356 valence electrons. The van der Waals surface area contributed by atoms with E-state index in [1.54, 1.807) is 57.2 Å². The predicted molar refractivity (Wildman–Crippen MR) is 244 cm³/mol. The van der Waals surface area contributed by atoms with Crippen LogP contribution in [0.5, 0.6) is 5.75 Å². The third kappa shape index (κ3) is 16.5. The Hall–Kier alpha value is -6.45. The highest BCUT2D eigenvalue weighted by Crippen LogP contribution is 2.23. The van der Waals surface area contributed by atoms with Gasteiger partial charge in [0, 0.05) is 19.4 Å². The number of alkyl carbamates (subject to hydrolysis) is 1. The average molecular weight is 912 g/mol. The number of likely N-dealkylation sites (tertiary alicyclic amines) is 1. The molecule has 1 saturated carbocycles. The second-order valence-electron chi connectivity index (χ2n) is 17.9. The number of hydrogen-bond acceptors (Lipinski definition) is 11. The smallest absolute Gasteiger partial charge is 0.408 e. The number of rotatable bonds is 20. The molecule has 1 aliphatic heterocycles. The number of carbonyl (C=O) groups excluding carboxylic acids is 7. The summed E-state index contributed by atoms with van der Waals surface area (Å²) in [5.74, 6) is -3.17. The molecular formula is C50H65N5O11. The number of benzene rings is 3. The van der Waals surface area contributed by atoms with Gasteiger partial charge in [-0.3, -0.25) is 24.0 Å². The Labute approximate surface area is 387 Å². The van der Waals surface area contributed by atoms with Crippen LogP contribution in [0.3, 0.4) is 0 Å². The molecule has 0 bridgehead atoms. The van der Waals surface area contributed by atoms with Crippen LogP contribution in [0.15, 0.2) is 84.9 Å². The van der Waals surface area contributed by atoms with E-state index in [4.69, 9.17) is 18.9 Å². The Morgan fingerprint density at radius 3 is 1.94 bits per heavy atom. The standard InChI is InChI=1S/C50H65N5O11/c1-33(44(57)53-40(27-28-43(56)65-39-20-13-8-14-21-39)45(58)52-34(2)48(61)64-32-37-18-11-7-12-19-37)51-46(59)42-22-15-29-55(42)47(60)41(54-49(62)66-50(3,4)5)30-35-23-25-38(26-24-35)63-31-36-16-9-6-10-17-36/h6-7,9-12,16-19,23-26,33-34,39-42H,8,13-15,20-22,27-32H2,1-5H3,(H,51,59)(H,52,58)(H,53,57)(H,54,62)/t33-,34-,40+,41-,42+/m1/s1. The molecule has 0 spiro atoms. The lowest BCUT2D eigenvalue weighted by Crippen LogP contribution is -2.58. The highest BCUT2D eigenvalue weighted by Gasteiger charge is 2.39. The first-order chi connectivity index (χ1) is 31.5. The first-order valence-corrected chi connectivity index (χ1v) is 22.9. The van der Waals surface area contributed by atoms with Gasteiger partial charge in [-0.1, -0.05) is 79.2 Å². The van der Waals surface area contributed by atoms with E-state index in [0.717, 1.165) is 48.8 Å². The van der Waals surface area contributed by atoms with Gasteiger partial charge in [0.05, 0.1) is 0 Å². The normalized spacial score (nSPS) is 16.9. The van der Waals surface area contributed by atoms with Gasteiger partial charge in [-0.05, 0) is 108 Å². The van der Waals surface area contributed by atoms with E-state index >= 15 is 0 Å². The second kappa shape index (κ2) is 24.7. The van der Waals surface area contributed by atoms with Gasteiger partial charge in [0.15, 0.2) is 0 Å². The van der Waals surface area contributed by atoms with E-state index in [2.05, 4.69) is 21.3 Å². The second-order valence-corrected chi connectivity index (χ2v) is 17.9. The van der Waals surface area contributed by atoms with Gasteiger partial charge < -0.3 is 45.1 Å². The molecule has 5 rings (SSSR count). The van der Waals surface area contributed by atoms with Crippen LogP contribution in [0.1, 0.15) is 109 Å². The summed E-state index contributed by atoms with van der Waals surface area (Å²) in [6.07, 6.45) is 4.05. The fourth-order valence-electron chi connectivity index (χ4n) is 7.71. The molecule has 4 N–H and O–H groups in total. The molecular weight excluding hydrogens is 847 g/mol. The molecule has 1 saturated heterocycles. The molecule has 16 heteroatoms. The fourth-order valence-corrected chi connectivity index (χ4v) is 7.71. The van der Waals surface area contributed by atoms with E-state index in [1.165, 1.54) is 18.7 Å². The van der Waals surface area contributed by atoms with Crippen molar-refractivity contribution in [2.75, 3.05) is 6.54 Å². The summed E-state index contributed by atoms with van der Waals surface area (Å²) < 4.78 is 22.4. The van der Waals surface area contributed by atoms with Crippen molar-refractivity contribution in [2.24, 2.45) is 0 Å². The molecule has 66 heavy (non-hydrogen) atoms. The third-order valence-corrected chi connectivity index (χ3v) is 11.2. The SMILES string of the molecule is C[C@@H](NC(=O)[C@@H]1CCCN1C(=O)[C@@H](Cc1ccc(OCc2ccccc2)cc1)NC(=O)OC(C)(C)C)C(=O)N[C@@H](CCC(=O)OC1CCCCC1)C(=O)N[C@H](C)C(=O)OCc1ccccc1. The maximum atomic E-state index is 14.3. The molecule has 0 aromatic heterocycles. The number of nitrogens with zero attached hydrogens (tertiary/aromatic N) is 1. The van der Waals surface area contributed by atoms with Crippen molar-refractivity contribution in [2.45, 2.75) is 154 Å². The van der Waals surface area contributed by atoms with Crippen LogP contribution in [-0.2, 0) is 62.6 Å². The molecule has 3 aromatic rings. The van der Waals surface area contributed by atoms with Gasteiger partial charge in [0.1, 0.15) is 60.9 Å². The van der Waals surface area contributed by atoms with E-state index < -0.39 is 77.5 Å². The lowest BCUT2D eigenvalue weighted by atomic mass is 9.98. The number of ether oxygens (including phenoxy) is 4. The van der Waals surface area contributed by atoms with Crippen LogP contribution < -0.4 is 26.0 Å². The van der Waals surface area contributed by atoms with Gasteiger partial charge >= 0.3 is 18.0 Å². The van der Waals surface area contributed by atoms with Crippen LogP contribution in [0.2, 0.25) is 0 Å². The highest BCUT2D eigenvalue weighted by molar-refractivity contribution is 5.96. The Morgan fingerprint density at radius 2 is 1.30 bits per heavy atom. The lowest BCUT2D eigenvalue weighted by molar-refractivity contribution is -0.151. The lowest BCUT2D eigenvalue weighted by Gasteiger charge is -2.30. The fraction of sp³-hybridized carbons (Fsp3) is 0.500. The number of carbonyl (C=O) groups is 7. The maximum Gasteiger partial charge on any atom is 0.408 e. The summed E-state index contributed by atoms with van der Waals surface area (Å²) in [6, 6.07) is 20.3. The van der Waals surface area contributed by atoms with Crippen LogP contribution in [0.25, 0.3) is 0 Å². The van der Waals surface area contributed by atoms with Gasteiger partial charge in [-0.15, -0.1) is 0 Å². The minimum Gasteiger partial charge on any atom is -0.489 e. The van der Waals surface area contributed by atoms with Crippen molar-refractivity contribution in [3.05, 3.63) is 102 Å². The highest BCUT2D eigenvalue weighted by atomic mass is 16.6. The predicted octanol–water partition coefficient (Wildman–Crippen LogP) is 5.59. The molecule has 2 aliphatic rings. The Morgan fingerprint density at radius 1 is 0.667 bits per heavy atom. The number of nitrogens with one attached hydrogen (secondary N) is 4. The van der Waals surface area contributed by atoms with Crippen LogP contribution >= 0.6 is 0 Å². The van der Waals surface area contributed by atoms with Crippen molar-refractivity contribution >= 4 is 41.7 Å². The zero-order valence-electron chi connectivity index (χ0n) is 38.7. The monoisotopic (exact) mass is 911 g/mol. The number of esters is 2. The van der Waals surface area contributed by atoms with E-state index in [0.29, 0.717) is 25.2 Å². The minimum atomic E-state index is -1.28. The van der Waals surface area contributed by atoms with Crippen LogP contribution in [0, 0.1) is 0 Å². The molecule has 3 aromatic carbocycles. The van der Waals surface area contributed by atoms with E-state index in [-0.39, 0.29) is 38.5 Å². The summed E-state index contributed by atoms with van der Waals surface area (Å²) >= 11 is 0. The topological polar surface area (TPSA) is 208 Å². The molecule has 2 fully saturated rings. The molecule has 1 aliphatic carbocycles. The van der Waals surface area contributed by atoms with Gasteiger partial charge in [-0.25, -0.2) is 9.59 Å². The molecule has 0 unspecified atom stereocenters. The van der Waals surface area contributed by atoms with Crippen molar-refractivity contribution in [1.29, 1.82) is 0 Å². The maximum absolute atomic E-state index is 14.3. The van der Waals surface area contributed by atoms with Crippen molar-refractivity contribution in [3.63, 3.8) is 0 Å². The van der Waals surface area contributed by atoms with Crippen molar-refractivity contribution in [3.8, 4) is 5.75 Å². The molecule has 0 radical (unpaired) electrons. The summed E-state index contributed by atoms with van der Waals surface area (Å²) in [4.78, 5) is 95.6. The van der Waals surface area contributed by atoms with Crippen molar-refractivity contribution in [1.82, 2.24) is 26.2 Å². The molecule has 16 nitrogen and oxygen atoms in total. The Bertz CT molecular complexity index is 2090. The van der Waals surface area contributed by atoms with Gasteiger partial charge in [0.2, 0.25) is 23.6 Å².